The van der Waals surface area contributed by atoms with Crippen LogP contribution in [-0.4, -0.2) is 17.0 Å². The maximum Gasteiger partial charge on any atom is 0.311 e. The molecule has 0 saturated carbocycles. The van der Waals surface area contributed by atoms with Crippen molar-refractivity contribution >= 4 is 23.5 Å². The zero-order valence-electron chi connectivity index (χ0n) is 12.2. The van der Waals surface area contributed by atoms with E-state index in [1.165, 1.54) is 6.26 Å². The minimum atomic E-state index is -1.05. The molecule has 0 aliphatic heterocycles. The van der Waals surface area contributed by atoms with Crippen LogP contribution in [-0.2, 0) is 11.2 Å². The van der Waals surface area contributed by atoms with E-state index in [1.807, 2.05) is 19.1 Å². The summed E-state index contributed by atoms with van der Waals surface area (Å²) < 4.78 is 5.17. The molecule has 2 aromatic rings. The number of hydrogen-bond acceptors (Lipinski definition) is 3. The van der Waals surface area contributed by atoms with Crippen LogP contribution >= 0.6 is 11.6 Å². The lowest BCUT2D eigenvalue weighted by atomic mass is 10.1. The molecule has 1 atom stereocenters. The lowest BCUT2D eigenvalue weighted by molar-refractivity contribution is -0.136. The normalized spacial score (nSPS) is 12.0. The Kier molecular flexibility index (Phi) is 4.88. The maximum atomic E-state index is 12.4. The fourth-order valence-electron chi connectivity index (χ4n) is 2.17. The molecule has 22 heavy (non-hydrogen) atoms. The Balaban J connectivity index is 2.16. The van der Waals surface area contributed by atoms with Crippen LogP contribution in [0.25, 0.3) is 0 Å². The smallest absolute Gasteiger partial charge is 0.311 e. The van der Waals surface area contributed by atoms with Crippen molar-refractivity contribution in [3.8, 4) is 0 Å². The van der Waals surface area contributed by atoms with Gasteiger partial charge in [-0.15, -0.1) is 0 Å². The molecule has 0 spiro atoms. The van der Waals surface area contributed by atoms with Gasteiger partial charge >= 0.3 is 5.97 Å². The zero-order chi connectivity index (χ0) is 16.3. The molecule has 1 aromatic carbocycles. The molecule has 1 unspecified atom stereocenters. The van der Waals surface area contributed by atoms with Crippen LogP contribution in [0.1, 0.15) is 40.2 Å². The van der Waals surface area contributed by atoms with Crippen molar-refractivity contribution in [1.82, 2.24) is 5.32 Å². The molecular formula is C16H16ClNO4. The van der Waals surface area contributed by atoms with E-state index in [0.29, 0.717) is 10.6 Å². The number of halogens is 1. The molecule has 0 saturated heterocycles. The number of aryl methyl sites for hydroxylation is 1. The molecule has 1 amide bonds. The van der Waals surface area contributed by atoms with Gasteiger partial charge in [0.25, 0.3) is 5.91 Å². The Hall–Kier alpha value is -2.27. The third kappa shape index (κ3) is 3.68. The Morgan fingerprint density at radius 3 is 2.55 bits per heavy atom. The predicted octanol–water partition coefficient (Wildman–Crippen LogP) is 3.36. The average molecular weight is 322 g/mol. The van der Waals surface area contributed by atoms with Crippen molar-refractivity contribution in [2.24, 2.45) is 0 Å². The molecule has 0 fully saturated rings. The number of aliphatic carboxylic acids is 1. The average Bonchev–Trinajstić information content (AvgIpc) is 2.79. The van der Waals surface area contributed by atoms with E-state index in [0.717, 1.165) is 5.56 Å². The molecule has 5 nitrogen and oxygen atoms in total. The SMILES string of the molecule is Cc1coc(CC(=O)O)c1C(=O)NC(C)c1ccc(Cl)cc1. The quantitative estimate of drug-likeness (QED) is 0.885. The lowest BCUT2D eigenvalue weighted by Gasteiger charge is -2.14. The molecule has 0 radical (unpaired) electrons. The number of rotatable bonds is 5. The van der Waals surface area contributed by atoms with Crippen molar-refractivity contribution in [3.05, 3.63) is 58.0 Å². The second kappa shape index (κ2) is 6.66. The van der Waals surface area contributed by atoms with Crippen LogP contribution < -0.4 is 5.32 Å². The van der Waals surface area contributed by atoms with Crippen LogP contribution in [0.5, 0.6) is 0 Å². The van der Waals surface area contributed by atoms with Crippen LogP contribution in [0.15, 0.2) is 34.9 Å². The number of carbonyl (C=O) groups excluding carboxylic acids is 1. The molecule has 0 aliphatic carbocycles. The summed E-state index contributed by atoms with van der Waals surface area (Å²) in [5.74, 6) is -1.25. The van der Waals surface area contributed by atoms with Gasteiger partial charge in [-0.25, -0.2) is 0 Å². The number of hydrogen-bond donors (Lipinski definition) is 2. The summed E-state index contributed by atoms with van der Waals surface area (Å²) in [4.78, 5) is 23.2. The van der Waals surface area contributed by atoms with Crippen molar-refractivity contribution in [2.75, 3.05) is 0 Å². The van der Waals surface area contributed by atoms with Gasteiger partial charge in [0.05, 0.1) is 17.9 Å². The van der Waals surface area contributed by atoms with Gasteiger partial charge in [-0.1, -0.05) is 23.7 Å². The van der Waals surface area contributed by atoms with Crippen LogP contribution in [0.4, 0.5) is 0 Å². The topological polar surface area (TPSA) is 79.5 Å². The number of nitrogens with one attached hydrogen (secondary N) is 1. The molecule has 1 heterocycles. The van der Waals surface area contributed by atoms with Crippen LogP contribution in [0.2, 0.25) is 5.02 Å². The third-order valence-electron chi connectivity index (χ3n) is 3.31. The van der Waals surface area contributed by atoms with Crippen LogP contribution in [0, 0.1) is 6.92 Å². The maximum absolute atomic E-state index is 12.4. The van der Waals surface area contributed by atoms with Gasteiger partial charge in [0.1, 0.15) is 12.2 Å². The molecular weight excluding hydrogens is 306 g/mol. The minimum Gasteiger partial charge on any atom is -0.481 e. The zero-order valence-corrected chi connectivity index (χ0v) is 13.0. The molecule has 0 bridgehead atoms. The van der Waals surface area contributed by atoms with E-state index < -0.39 is 5.97 Å². The highest BCUT2D eigenvalue weighted by Crippen LogP contribution is 2.20. The number of carbonyl (C=O) groups is 2. The van der Waals surface area contributed by atoms with Gasteiger partial charge < -0.3 is 14.8 Å². The first-order valence-electron chi connectivity index (χ1n) is 6.73. The first-order valence-corrected chi connectivity index (χ1v) is 7.11. The van der Waals surface area contributed by atoms with Gasteiger partial charge in [-0.3, -0.25) is 9.59 Å². The molecule has 2 N–H and O–H groups in total. The Morgan fingerprint density at radius 1 is 1.32 bits per heavy atom. The van der Waals surface area contributed by atoms with Gasteiger partial charge in [0.2, 0.25) is 0 Å². The van der Waals surface area contributed by atoms with Gasteiger partial charge in [-0.2, -0.15) is 0 Å². The van der Waals surface area contributed by atoms with E-state index in [2.05, 4.69) is 5.32 Å². The highest BCUT2D eigenvalue weighted by atomic mass is 35.5. The summed E-state index contributed by atoms with van der Waals surface area (Å²) in [6.45, 7) is 3.55. The van der Waals surface area contributed by atoms with Gasteiger partial charge in [0, 0.05) is 10.6 Å². The van der Waals surface area contributed by atoms with Crippen LogP contribution in [0.3, 0.4) is 0 Å². The highest BCUT2D eigenvalue weighted by Gasteiger charge is 2.22. The molecule has 2 rings (SSSR count). The van der Waals surface area contributed by atoms with E-state index in [4.69, 9.17) is 21.1 Å². The standard InChI is InChI=1S/C16H16ClNO4/c1-9-8-22-13(7-14(19)20)15(9)16(21)18-10(2)11-3-5-12(17)6-4-11/h3-6,8,10H,7H2,1-2H3,(H,18,21)(H,19,20). The largest absolute Gasteiger partial charge is 0.481 e. The Morgan fingerprint density at radius 2 is 1.95 bits per heavy atom. The molecule has 116 valence electrons. The lowest BCUT2D eigenvalue weighted by Crippen LogP contribution is -2.27. The van der Waals surface area contributed by atoms with Crippen molar-refractivity contribution < 1.29 is 19.1 Å². The molecule has 6 heteroatoms. The fraction of sp³-hybridized carbons (Fsp3) is 0.250. The predicted molar refractivity (Wildman–Crippen MR) is 82.1 cm³/mol. The minimum absolute atomic E-state index is 0.158. The summed E-state index contributed by atoms with van der Waals surface area (Å²) in [6, 6.07) is 6.91. The van der Waals surface area contributed by atoms with Crippen molar-refractivity contribution in [2.45, 2.75) is 26.3 Å². The number of carboxylic acid groups (broad SMARTS) is 1. The molecule has 0 aliphatic rings. The molecule has 1 aromatic heterocycles. The summed E-state index contributed by atoms with van der Waals surface area (Å²) in [5, 5.41) is 12.3. The first-order chi connectivity index (χ1) is 10.4. The number of benzene rings is 1. The summed E-state index contributed by atoms with van der Waals surface area (Å²) in [5.41, 5.74) is 1.79. The van der Waals surface area contributed by atoms with E-state index in [-0.39, 0.29) is 29.7 Å². The van der Waals surface area contributed by atoms with E-state index in [9.17, 15) is 9.59 Å². The van der Waals surface area contributed by atoms with Gasteiger partial charge in [-0.05, 0) is 31.5 Å². The highest BCUT2D eigenvalue weighted by molar-refractivity contribution is 6.30. The van der Waals surface area contributed by atoms with E-state index in [1.54, 1.807) is 19.1 Å². The third-order valence-corrected chi connectivity index (χ3v) is 3.56. The van der Waals surface area contributed by atoms with Gasteiger partial charge in [0.15, 0.2) is 0 Å². The summed E-state index contributed by atoms with van der Waals surface area (Å²) in [6.07, 6.45) is 1.06. The Labute approximate surface area is 132 Å². The van der Waals surface area contributed by atoms with E-state index >= 15 is 0 Å². The Bertz CT molecular complexity index is 691. The number of carboxylic acids is 1. The monoisotopic (exact) mass is 321 g/mol. The number of furan rings is 1. The second-order valence-electron chi connectivity index (χ2n) is 5.03. The fourth-order valence-corrected chi connectivity index (χ4v) is 2.30. The van der Waals surface area contributed by atoms with Crippen molar-refractivity contribution in [3.63, 3.8) is 0 Å². The summed E-state index contributed by atoms with van der Waals surface area (Å²) in [7, 11) is 0. The van der Waals surface area contributed by atoms with Crippen molar-refractivity contribution in [1.29, 1.82) is 0 Å². The number of amides is 1. The summed E-state index contributed by atoms with van der Waals surface area (Å²) >= 11 is 5.84. The second-order valence-corrected chi connectivity index (χ2v) is 5.47. The first kappa shape index (κ1) is 16.1.